The van der Waals surface area contributed by atoms with E-state index in [1.54, 1.807) is 0 Å². The van der Waals surface area contributed by atoms with Crippen LogP contribution in [0.2, 0.25) is 0 Å². The maximum absolute atomic E-state index is 13.7. The Morgan fingerprint density at radius 2 is 1.13 bits per heavy atom. The van der Waals surface area contributed by atoms with Crippen molar-refractivity contribution < 1.29 is 109 Å². The van der Waals surface area contributed by atoms with Gasteiger partial charge in [0.15, 0.2) is 18.7 Å². The smallest absolute Gasteiger partial charge is 0.229 e. The van der Waals surface area contributed by atoms with Gasteiger partial charge in [-0.2, -0.15) is 0 Å². The van der Waals surface area contributed by atoms with E-state index < -0.39 is 147 Å². The Kier molecular flexibility index (Phi) is 14.1. The third-order valence-electron chi connectivity index (χ3n) is 11.3. The largest absolute Gasteiger partial charge is 0.507 e. The number of fused-ring (bicyclic) bond motifs is 1. The third kappa shape index (κ3) is 9.01. The molecule has 344 valence electrons. The van der Waals surface area contributed by atoms with Crippen molar-refractivity contribution >= 4 is 11.0 Å². The second-order valence-corrected chi connectivity index (χ2v) is 15.6. The van der Waals surface area contributed by atoms with Gasteiger partial charge in [-0.15, -0.1) is 0 Å². The first kappa shape index (κ1) is 46.3. The minimum absolute atomic E-state index is 0.00951. The van der Waals surface area contributed by atoms with Crippen LogP contribution in [0.1, 0.15) is 13.8 Å². The molecular weight excluding hydrogens is 836 g/mol. The first-order valence-corrected chi connectivity index (χ1v) is 19.6. The van der Waals surface area contributed by atoms with E-state index >= 15 is 0 Å². The van der Waals surface area contributed by atoms with E-state index in [9.17, 15) is 71.2 Å². The van der Waals surface area contributed by atoms with E-state index in [0.717, 1.165) is 12.3 Å². The zero-order valence-corrected chi connectivity index (χ0v) is 32.9. The van der Waals surface area contributed by atoms with Crippen LogP contribution in [0.15, 0.2) is 51.9 Å². The second-order valence-electron chi connectivity index (χ2n) is 15.6. The summed E-state index contributed by atoms with van der Waals surface area (Å²) in [4.78, 5) is 13.7. The molecule has 0 bridgehead atoms. The summed E-state index contributed by atoms with van der Waals surface area (Å²) in [6, 6.07) is 7.92. The number of aromatic hydroxyl groups is 1. The summed E-state index contributed by atoms with van der Waals surface area (Å²) >= 11 is 0. The van der Waals surface area contributed by atoms with Gasteiger partial charge in [0.2, 0.25) is 18.0 Å². The highest BCUT2D eigenvalue weighted by Crippen LogP contribution is 2.35. The number of aliphatic hydroxyl groups excluding tert-OH is 12. The summed E-state index contributed by atoms with van der Waals surface area (Å²) in [7, 11) is 0. The molecule has 4 aliphatic rings. The lowest BCUT2D eigenvalue weighted by Gasteiger charge is -2.46. The molecule has 2 aromatic carbocycles. The fourth-order valence-corrected chi connectivity index (χ4v) is 7.53. The minimum atomic E-state index is -1.93. The molecule has 0 unspecified atom stereocenters. The van der Waals surface area contributed by atoms with E-state index in [1.807, 2.05) is 0 Å². The Bertz CT molecular complexity index is 2030. The molecule has 1 aromatic heterocycles. The number of hydrogen-bond acceptors (Lipinski definition) is 23. The van der Waals surface area contributed by atoms with Crippen LogP contribution in [-0.4, -0.2) is 202 Å². The molecule has 4 aliphatic heterocycles. The first-order valence-electron chi connectivity index (χ1n) is 19.6. The molecule has 5 heterocycles. The van der Waals surface area contributed by atoms with E-state index in [4.69, 9.17) is 42.3 Å². The van der Waals surface area contributed by atoms with Crippen molar-refractivity contribution in [1.82, 2.24) is 0 Å². The van der Waals surface area contributed by atoms with Crippen molar-refractivity contribution in [2.45, 2.75) is 137 Å². The Balaban J connectivity index is 1.10. The Hall–Kier alpha value is -3.67. The zero-order chi connectivity index (χ0) is 44.9. The Labute approximate surface area is 350 Å². The lowest BCUT2D eigenvalue weighted by molar-refractivity contribution is -0.362. The lowest BCUT2D eigenvalue weighted by atomic mass is 9.97. The molecule has 7 rings (SSSR count). The molecule has 0 radical (unpaired) electrons. The van der Waals surface area contributed by atoms with Gasteiger partial charge < -0.3 is 109 Å². The number of phenolic OH excluding ortho intramolecular Hbond substituents is 1. The van der Waals surface area contributed by atoms with Crippen LogP contribution in [0.4, 0.5) is 0 Å². The summed E-state index contributed by atoms with van der Waals surface area (Å²) in [5.41, 5.74) is -0.532. The van der Waals surface area contributed by atoms with E-state index in [-0.39, 0.29) is 33.6 Å². The number of benzene rings is 2. The molecule has 0 aliphatic carbocycles. The SMILES string of the molecule is C[C@@H]1O[C@@H](OC[C@H]2O[C@@H](Oc3ccc(-c4coc5cc(O[C@H]6O[C@@H](C)[C@H](O)[C@@H](O)[C@H]6O)cc(O)c5c4=O)cc3)[C@H](O[C@@H]3O[C@H](CO)[C@@H](O)[C@H](O)[C@H]3O)[C@@H](O)[C@@H]2O)[C@H](O)[C@H](O)[C@H]1O. The first-order chi connectivity index (χ1) is 29.4. The van der Waals surface area contributed by atoms with E-state index in [0.29, 0.717) is 0 Å². The van der Waals surface area contributed by atoms with Crippen molar-refractivity contribution in [3.8, 4) is 28.4 Å². The molecule has 23 heteroatoms. The average Bonchev–Trinajstić information content (AvgIpc) is 3.25. The van der Waals surface area contributed by atoms with Gasteiger partial charge in [-0.25, -0.2) is 0 Å². The monoisotopic (exact) mass is 886 g/mol. The molecule has 0 spiro atoms. The fourth-order valence-electron chi connectivity index (χ4n) is 7.53. The highest BCUT2D eigenvalue weighted by atomic mass is 16.8. The van der Waals surface area contributed by atoms with E-state index in [1.165, 1.54) is 44.2 Å². The van der Waals surface area contributed by atoms with Gasteiger partial charge in [0, 0.05) is 12.1 Å². The van der Waals surface area contributed by atoms with Crippen molar-refractivity contribution in [1.29, 1.82) is 0 Å². The van der Waals surface area contributed by atoms with Crippen LogP contribution >= 0.6 is 0 Å². The second kappa shape index (κ2) is 18.8. The van der Waals surface area contributed by atoms with Gasteiger partial charge in [-0.1, -0.05) is 12.1 Å². The molecule has 20 atom stereocenters. The highest BCUT2D eigenvalue weighted by Gasteiger charge is 2.52. The summed E-state index contributed by atoms with van der Waals surface area (Å²) < 4.78 is 51.0. The number of rotatable bonds is 11. The van der Waals surface area contributed by atoms with Gasteiger partial charge in [-0.3, -0.25) is 4.79 Å². The van der Waals surface area contributed by atoms with Gasteiger partial charge >= 0.3 is 0 Å². The predicted molar refractivity (Wildman–Crippen MR) is 201 cm³/mol. The Morgan fingerprint density at radius 3 is 1.77 bits per heavy atom. The number of ether oxygens (including phenoxy) is 8. The molecule has 4 saturated heterocycles. The lowest BCUT2D eigenvalue weighted by Crippen LogP contribution is -2.65. The van der Waals surface area contributed by atoms with Crippen molar-refractivity contribution in [3.05, 3.63) is 52.9 Å². The fraction of sp³-hybridized carbons (Fsp3) is 0.615. The summed E-state index contributed by atoms with van der Waals surface area (Å²) in [5, 5.41) is 135. The molecule has 0 amide bonds. The van der Waals surface area contributed by atoms with Crippen LogP contribution in [0.3, 0.4) is 0 Å². The molecule has 62 heavy (non-hydrogen) atoms. The quantitative estimate of drug-likeness (QED) is 0.0859. The summed E-state index contributed by atoms with van der Waals surface area (Å²) in [6.45, 7) is 1.49. The Morgan fingerprint density at radius 1 is 0.581 bits per heavy atom. The third-order valence-corrected chi connectivity index (χ3v) is 11.3. The molecule has 3 aromatic rings. The number of phenols is 1. The van der Waals surface area contributed by atoms with Gasteiger partial charge in [0.05, 0.1) is 31.0 Å². The maximum atomic E-state index is 13.7. The summed E-state index contributed by atoms with van der Waals surface area (Å²) in [5.74, 6) is -0.639. The highest BCUT2D eigenvalue weighted by molar-refractivity contribution is 5.88. The number of hydrogen-bond donors (Lipinski definition) is 13. The van der Waals surface area contributed by atoms with Crippen LogP contribution in [0.25, 0.3) is 22.1 Å². The van der Waals surface area contributed by atoms with Crippen LogP contribution in [-0.2, 0) is 28.4 Å². The molecule has 4 fully saturated rings. The standard InChI is InChI=1S/C39H50O23/c1-12-23(42)28(47)32(51)36(56-12)55-11-21-27(46)31(50)35(62-38-34(53)30(49)26(45)20(9-40)60-38)39(61-21)58-15-5-3-14(4-6-15)17-10-54-19-8-16(7-18(41)22(19)25(17)44)59-37-33(52)29(48)24(43)13(2)57-37/h3-8,10,12-13,20-21,23-24,26-43,45-53H,9,11H2,1-2H3/t12-,13-,20+,21+,23-,24-,26+,27+,28+,29+,30-,31-,32+,33+,34+,35+,36+,37+,38-,39+/m0/s1. The topological polar surface area (TPSA) is 367 Å². The van der Waals surface area contributed by atoms with Gasteiger partial charge in [0.1, 0.15) is 114 Å². The minimum Gasteiger partial charge on any atom is -0.507 e. The van der Waals surface area contributed by atoms with Crippen LogP contribution in [0, 0.1) is 0 Å². The average molecular weight is 887 g/mol. The van der Waals surface area contributed by atoms with Gasteiger partial charge in [0.25, 0.3) is 0 Å². The van der Waals surface area contributed by atoms with Crippen molar-refractivity contribution in [3.63, 3.8) is 0 Å². The van der Waals surface area contributed by atoms with E-state index in [2.05, 4.69) is 0 Å². The maximum Gasteiger partial charge on any atom is 0.229 e. The van der Waals surface area contributed by atoms with Crippen molar-refractivity contribution in [2.24, 2.45) is 0 Å². The molecule has 0 saturated carbocycles. The molecular formula is C39H50O23. The number of aliphatic hydroxyl groups is 12. The predicted octanol–water partition coefficient (Wildman–Crippen LogP) is -4.77. The van der Waals surface area contributed by atoms with Crippen LogP contribution < -0.4 is 14.9 Å². The zero-order valence-electron chi connectivity index (χ0n) is 32.9. The molecule has 23 nitrogen and oxygen atoms in total. The van der Waals surface area contributed by atoms with Crippen LogP contribution in [0.5, 0.6) is 17.2 Å². The van der Waals surface area contributed by atoms with Gasteiger partial charge in [-0.05, 0) is 31.5 Å². The normalized spacial score (nSPS) is 41.5. The summed E-state index contributed by atoms with van der Waals surface area (Å²) in [6.07, 6.45) is -30.5. The van der Waals surface area contributed by atoms with Crippen molar-refractivity contribution in [2.75, 3.05) is 13.2 Å². The molecule has 13 N–H and O–H groups in total.